The Morgan fingerprint density at radius 2 is 1.81 bits per heavy atom. The van der Waals surface area contributed by atoms with E-state index in [0.29, 0.717) is 11.1 Å². The molecule has 0 aliphatic carbocycles. The van der Waals surface area contributed by atoms with E-state index >= 15 is 0 Å². The van der Waals surface area contributed by atoms with Crippen molar-refractivity contribution in [2.24, 2.45) is 5.73 Å². The molecule has 6 heteroatoms. The van der Waals surface area contributed by atoms with Crippen LogP contribution in [0.5, 0.6) is 5.75 Å². The van der Waals surface area contributed by atoms with Crippen molar-refractivity contribution in [3.63, 3.8) is 0 Å². The van der Waals surface area contributed by atoms with E-state index in [0.717, 1.165) is 11.6 Å². The summed E-state index contributed by atoms with van der Waals surface area (Å²) in [7, 11) is 0. The van der Waals surface area contributed by atoms with Gasteiger partial charge in [0.15, 0.2) is 0 Å². The second-order valence-corrected chi connectivity index (χ2v) is 4.56. The van der Waals surface area contributed by atoms with Gasteiger partial charge in [-0.25, -0.2) is 4.39 Å². The zero-order chi connectivity index (χ0) is 15.6. The average molecular weight is 299 g/mol. The van der Waals surface area contributed by atoms with Crippen molar-refractivity contribution in [2.75, 3.05) is 0 Å². The van der Waals surface area contributed by atoms with Gasteiger partial charge in [-0.05, 0) is 36.2 Å². The monoisotopic (exact) mass is 299 g/mol. The fourth-order valence-electron chi connectivity index (χ4n) is 1.99. The van der Waals surface area contributed by atoms with Crippen LogP contribution in [-0.4, -0.2) is 6.36 Å². The van der Waals surface area contributed by atoms with Gasteiger partial charge in [0.05, 0.1) is 0 Å². The number of rotatable bonds is 3. The predicted molar refractivity (Wildman–Crippen MR) is 71.1 cm³/mol. The van der Waals surface area contributed by atoms with Crippen LogP contribution < -0.4 is 10.5 Å². The van der Waals surface area contributed by atoms with Crippen molar-refractivity contribution < 1.29 is 22.3 Å². The van der Waals surface area contributed by atoms with Gasteiger partial charge in [-0.15, -0.1) is 13.2 Å². The van der Waals surface area contributed by atoms with E-state index < -0.39 is 12.2 Å². The summed E-state index contributed by atoms with van der Waals surface area (Å²) < 4.78 is 54.6. The Bertz CT molecular complexity index is 653. The van der Waals surface area contributed by atoms with E-state index in [1.807, 2.05) is 0 Å². The van der Waals surface area contributed by atoms with Gasteiger partial charge in [0.1, 0.15) is 11.6 Å². The molecule has 0 saturated heterocycles. The Kier molecular flexibility index (Phi) is 4.18. The van der Waals surface area contributed by atoms with Crippen LogP contribution in [0.25, 0.3) is 11.1 Å². The first-order chi connectivity index (χ1) is 9.80. The third-order valence-corrected chi connectivity index (χ3v) is 2.94. The van der Waals surface area contributed by atoms with Gasteiger partial charge in [0, 0.05) is 17.7 Å². The Morgan fingerprint density at radius 3 is 2.38 bits per heavy atom. The Balaban J connectivity index is 2.43. The molecule has 0 unspecified atom stereocenters. The molecular formula is C15H13F4NO. The normalized spacial score (nSPS) is 11.5. The highest BCUT2D eigenvalue weighted by molar-refractivity contribution is 5.66. The second-order valence-electron chi connectivity index (χ2n) is 4.56. The molecule has 0 bridgehead atoms. The lowest BCUT2D eigenvalue weighted by Gasteiger charge is -2.14. The molecule has 0 heterocycles. The minimum atomic E-state index is -4.79. The molecule has 0 radical (unpaired) electrons. The average Bonchev–Trinajstić information content (AvgIpc) is 2.38. The zero-order valence-corrected chi connectivity index (χ0v) is 11.2. The summed E-state index contributed by atoms with van der Waals surface area (Å²) in [6, 6.07) is 8.57. The lowest BCUT2D eigenvalue weighted by Crippen LogP contribution is -2.18. The van der Waals surface area contributed by atoms with E-state index in [2.05, 4.69) is 4.74 Å². The molecule has 2 rings (SSSR count). The van der Waals surface area contributed by atoms with Crippen LogP contribution in [0.4, 0.5) is 17.6 Å². The molecule has 2 N–H and O–H groups in total. The van der Waals surface area contributed by atoms with Crippen molar-refractivity contribution in [1.29, 1.82) is 0 Å². The highest BCUT2D eigenvalue weighted by Gasteiger charge is 2.32. The number of alkyl halides is 3. The molecule has 0 aliphatic heterocycles. The lowest BCUT2D eigenvalue weighted by atomic mass is 10.0. The first-order valence-electron chi connectivity index (χ1n) is 6.15. The van der Waals surface area contributed by atoms with Gasteiger partial charge in [-0.3, -0.25) is 0 Å². The van der Waals surface area contributed by atoms with Gasteiger partial charge in [0.25, 0.3) is 0 Å². The summed E-state index contributed by atoms with van der Waals surface area (Å²) in [5.41, 5.74) is 7.10. The van der Waals surface area contributed by atoms with E-state index in [1.165, 1.54) is 18.2 Å². The summed E-state index contributed by atoms with van der Waals surface area (Å²) >= 11 is 0. The largest absolute Gasteiger partial charge is 0.573 e. The van der Waals surface area contributed by atoms with Crippen LogP contribution in [0.1, 0.15) is 11.1 Å². The third kappa shape index (κ3) is 3.72. The van der Waals surface area contributed by atoms with E-state index in [9.17, 15) is 17.6 Å². The molecule has 2 aromatic rings. The fraction of sp³-hybridized carbons (Fsp3) is 0.200. The smallest absolute Gasteiger partial charge is 0.405 e. The van der Waals surface area contributed by atoms with Gasteiger partial charge in [-0.2, -0.15) is 0 Å². The SMILES string of the molecule is Cc1ccc(-c2ccc(OC(F)(F)F)c(CN)c2)c(F)c1. The lowest BCUT2D eigenvalue weighted by molar-refractivity contribution is -0.274. The molecule has 0 fully saturated rings. The second kappa shape index (κ2) is 5.73. The molecule has 2 aromatic carbocycles. The molecule has 0 aliphatic rings. The van der Waals surface area contributed by atoms with Crippen LogP contribution in [0.3, 0.4) is 0 Å². The number of halogens is 4. The molecule has 0 saturated carbocycles. The predicted octanol–water partition coefficient (Wildman–Crippen LogP) is 4.16. The van der Waals surface area contributed by atoms with Crippen LogP contribution in [0, 0.1) is 12.7 Å². The summed E-state index contributed by atoms with van der Waals surface area (Å²) in [5, 5.41) is 0. The molecule has 0 amide bonds. The van der Waals surface area contributed by atoms with Crippen molar-refractivity contribution >= 4 is 0 Å². The van der Waals surface area contributed by atoms with Crippen molar-refractivity contribution in [2.45, 2.75) is 19.8 Å². The molecule has 2 nitrogen and oxygen atoms in total. The van der Waals surface area contributed by atoms with Gasteiger partial charge in [0.2, 0.25) is 0 Å². The number of ether oxygens (including phenoxy) is 1. The van der Waals surface area contributed by atoms with Crippen molar-refractivity contribution in [3.05, 3.63) is 53.3 Å². The number of nitrogens with two attached hydrogens (primary N) is 1. The summed E-state index contributed by atoms with van der Waals surface area (Å²) in [5.74, 6) is -0.816. The summed E-state index contributed by atoms with van der Waals surface area (Å²) in [6.45, 7) is 1.60. The maximum absolute atomic E-state index is 13.9. The molecule has 0 atom stereocenters. The summed E-state index contributed by atoms with van der Waals surface area (Å²) in [4.78, 5) is 0. The number of benzene rings is 2. The number of aryl methyl sites for hydroxylation is 1. The maximum atomic E-state index is 13.9. The topological polar surface area (TPSA) is 35.2 Å². The van der Waals surface area contributed by atoms with Crippen LogP contribution in [0.15, 0.2) is 36.4 Å². The van der Waals surface area contributed by atoms with Crippen LogP contribution in [-0.2, 0) is 6.54 Å². The maximum Gasteiger partial charge on any atom is 0.573 e. The molecule has 0 spiro atoms. The van der Waals surface area contributed by atoms with E-state index in [1.54, 1.807) is 19.1 Å². The quantitative estimate of drug-likeness (QED) is 0.864. The van der Waals surface area contributed by atoms with Gasteiger partial charge in [-0.1, -0.05) is 18.2 Å². The Morgan fingerprint density at radius 1 is 1.10 bits per heavy atom. The molecule has 21 heavy (non-hydrogen) atoms. The van der Waals surface area contributed by atoms with E-state index in [4.69, 9.17) is 5.73 Å². The highest BCUT2D eigenvalue weighted by atomic mass is 19.4. The first-order valence-corrected chi connectivity index (χ1v) is 6.15. The Hall–Kier alpha value is -2.08. The minimum absolute atomic E-state index is 0.146. The van der Waals surface area contributed by atoms with Crippen molar-refractivity contribution in [1.82, 2.24) is 0 Å². The fourth-order valence-corrected chi connectivity index (χ4v) is 1.99. The molecular weight excluding hydrogens is 286 g/mol. The first kappa shape index (κ1) is 15.3. The Labute approximate surface area is 119 Å². The third-order valence-electron chi connectivity index (χ3n) is 2.94. The van der Waals surface area contributed by atoms with E-state index in [-0.39, 0.29) is 17.9 Å². The number of hydrogen-bond donors (Lipinski definition) is 1. The standard InChI is InChI=1S/C15H13F4NO/c1-9-2-4-12(13(16)6-9)10-3-5-14(11(7-10)8-20)21-15(17,18)19/h2-7H,8,20H2,1H3. The minimum Gasteiger partial charge on any atom is -0.405 e. The van der Waals surface area contributed by atoms with Crippen molar-refractivity contribution in [3.8, 4) is 16.9 Å². The zero-order valence-electron chi connectivity index (χ0n) is 11.2. The summed E-state index contributed by atoms with van der Waals surface area (Å²) in [6.07, 6.45) is -4.79. The van der Waals surface area contributed by atoms with Gasteiger partial charge >= 0.3 is 6.36 Å². The van der Waals surface area contributed by atoms with Crippen LogP contribution >= 0.6 is 0 Å². The van der Waals surface area contributed by atoms with Crippen LogP contribution in [0.2, 0.25) is 0 Å². The number of hydrogen-bond acceptors (Lipinski definition) is 2. The highest BCUT2D eigenvalue weighted by Crippen LogP contribution is 2.31. The molecule has 112 valence electrons. The van der Waals surface area contributed by atoms with Gasteiger partial charge < -0.3 is 10.5 Å². The molecule has 0 aromatic heterocycles.